The quantitative estimate of drug-likeness (QED) is 0.821. The molecule has 0 spiro atoms. The molecule has 0 atom stereocenters. The van der Waals surface area contributed by atoms with Gasteiger partial charge in [-0.25, -0.2) is 4.79 Å². The lowest BCUT2D eigenvalue weighted by Gasteiger charge is -2.05. The van der Waals surface area contributed by atoms with Gasteiger partial charge >= 0.3 is 5.97 Å². The van der Waals surface area contributed by atoms with E-state index in [1.165, 1.54) is 7.11 Å². The third-order valence-electron chi connectivity index (χ3n) is 2.99. The number of hydrogen-bond donors (Lipinski definition) is 2. The molecule has 0 aliphatic carbocycles. The number of primary amides is 1. The Morgan fingerprint density at radius 3 is 2.76 bits per heavy atom. The van der Waals surface area contributed by atoms with E-state index in [1.807, 2.05) is 6.07 Å². The Morgan fingerprint density at radius 2 is 2.10 bits per heavy atom. The molecule has 0 radical (unpaired) electrons. The van der Waals surface area contributed by atoms with E-state index in [4.69, 9.17) is 10.2 Å². The first kappa shape index (κ1) is 14.6. The number of rotatable bonds is 5. The van der Waals surface area contributed by atoms with Crippen LogP contribution in [-0.4, -0.2) is 19.0 Å². The average molecular weight is 288 g/mol. The molecule has 0 bridgehead atoms. The Morgan fingerprint density at radius 1 is 1.33 bits per heavy atom. The number of aryl methyl sites for hydroxylation is 1. The smallest absolute Gasteiger partial charge is 0.341 e. The number of ether oxygens (including phenoxy) is 1. The summed E-state index contributed by atoms with van der Waals surface area (Å²) in [5.41, 5.74) is 6.79. The summed E-state index contributed by atoms with van der Waals surface area (Å²) >= 11 is 0. The molecular formula is C15H16N2O4. The molecule has 1 aromatic heterocycles. The lowest BCUT2D eigenvalue weighted by atomic mass is 10.2. The Kier molecular flexibility index (Phi) is 4.27. The van der Waals surface area contributed by atoms with Crippen molar-refractivity contribution in [3.8, 4) is 0 Å². The molecule has 2 aromatic rings. The van der Waals surface area contributed by atoms with E-state index in [2.05, 4.69) is 10.1 Å². The summed E-state index contributed by atoms with van der Waals surface area (Å²) in [4.78, 5) is 22.6. The predicted octanol–water partition coefficient (Wildman–Crippen LogP) is 2.09. The number of nitrogens with one attached hydrogen (secondary N) is 1. The summed E-state index contributed by atoms with van der Waals surface area (Å²) in [6.07, 6.45) is 0. The number of benzene rings is 1. The van der Waals surface area contributed by atoms with Crippen molar-refractivity contribution in [3.05, 3.63) is 53.0 Å². The van der Waals surface area contributed by atoms with E-state index < -0.39 is 11.9 Å². The van der Waals surface area contributed by atoms with Crippen LogP contribution in [0.2, 0.25) is 0 Å². The molecule has 1 amide bonds. The molecule has 3 N–H and O–H groups in total. The maximum absolute atomic E-state index is 11.5. The highest BCUT2D eigenvalue weighted by atomic mass is 16.5. The first-order valence-corrected chi connectivity index (χ1v) is 6.32. The van der Waals surface area contributed by atoms with Gasteiger partial charge < -0.3 is 20.2 Å². The van der Waals surface area contributed by atoms with Crippen molar-refractivity contribution >= 4 is 17.6 Å². The van der Waals surface area contributed by atoms with Gasteiger partial charge in [0.25, 0.3) is 0 Å². The summed E-state index contributed by atoms with van der Waals surface area (Å²) in [5, 5.41) is 3.10. The number of carbonyl (C=O) groups is 2. The van der Waals surface area contributed by atoms with Gasteiger partial charge in [-0.2, -0.15) is 0 Å². The second-order valence-electron chi connectivity index (χ2n) is 4.47. The van der Waals surface area contributed by atoms with Gasteiger partial charge in [0.15, 0.2) is 0 Å². The number of nitrogens with two attached hydrogens (primary N) is 1. The number of hydrogen-bond acceptors (Lipinski definition) is 5. The van der Waals surface area contributed by atoms with E-state index in [0.717, 1.165) is 5.69 Å². The van der Waals surface area contributed by atoms with Crippen molar-refractivity contribution in [2.45, 2.75) is 13.5 Å². The zero-order valence-corrected chi connectivity index (χ0v) is 11.8. The van der Waals surface area contributed by atoms with Crippen LogP contribution < -0.4 is 11.1 Å². The topological polar surface area (TPSA) is 94.6 Å². The monoisotopic (exact) mass is 288 g/mol. The molecular weight excluding hydrogens is 272 g/mol. The fraction of sp³-hybridized carbons (Fsp3) is 0.200. The van der Waals surface area contributed by atoms with Gasteiger partial charge in [-0.15, -0.1) is 0 Å². The molecule has 0 aliphatic rings. The van der Waals surface area contributed by atoms with Gasteiger partial charge in [0.05, 0.1) is 13.7 Å². The van der Waals surface area contributed by atoms with E-state index in [9.17, 15) is 9.59 Å². The molecule has 0 unspecified atom stereocenters. The molecule has 1 heterocycles. The Bertz CT molecular complexity index is 676. The highest BCUT2D eigenvalue weighted by molar-refractivity contribution is 5.93. The van der Waals surface area contributed by atoms with Crippen molar-refractivity contribution in [1.29, 1.82) is 0 Å². The summed E-state index contributed by atoms with van der Waals surface area (Å²) in [6, 6.07) is 8.46. The summed E-state index contributed by atoms with van der Waals surface area (Å²) in [5.74, 6) is 0.181. The SMILES string of the molecule is COC(=O)c1cc(CNc2cccc(C(N)=O)c2)oc1C. The summed E-state index contributed by atoms with van der Waals surface area (Å²) in [6.45, 7) is 2.07. The zero-order chi connectivity index (χ0) is 15.4. The number of methoxy groups -OCH3 is 1. The normalized spacial score (nSPS) is 10.2. The Hall–Kier alpha value is -2.76. The molecule has 0 aliphatic heterocycles. The van der Waals surface area contributed by atoms with Gasteiger partial charge in [0.2, 0.25) is 5.91 Å². The lowest BCUT2D eigenvalue weighted by molar-refractivity contribution is 0.0598. The van der Waals surface area contributed by atoms with Crippen molar-refractivity contribution < 1.29 is 18.7 Å². The van der Waals surface area contributed by atoms with Crippen molar-refractivity contribution in [2.24, 2.45) is 5.73 Å². The molecule has 6 heteroatoms. The van der Waals surface area contributed by atoms with Gasteiger partial charge in [0, 0.05) is 11.3 Å². The number of anilines is 1. The summed E-state index contributed by atoms with van der Waals surface area (Å²) < 4.78 is 10.1. The molecule has 1 aromatic carbocycles. The van der Waals surface area contributed by atoms with Gasteiger partial charge in [0.1, 0.15) is 17.1 Å². The van der Waals surface area contributed by atoms with Crippen LogP contribution in [0.25, 0.3) is 0 Å². The van der Waals surface area contributed by atoms with E-state index in [0.29, 0.717) is 29.2 Å². The average Bonchev–Trinajstić information content (AvgIpc) is 2.85. The second-order valence-corrected chi connectivity index (χ2v) is 4.47. The minimum atomic E-state index is -0.486. The van der Waals surface area contributed by atoms with Gasteiger partial charge in [-0.1, -0.05) is 6.07 Å². The fourth-order valence-corrected chi connectivity index (χ4v) is 1.92. The van der Waals surface area contributed by atoms with E-state index in [1.54, 1.807) is 31.2 Å². The Labute approximate surface area is 121 Å². The van der Waals surface area contributed by atoms with Crippen LogP contribution in [0.15, 0.2) is 34.7 Å². The van der Waals surface area contributed by atoms with Crippen LogP contribution in [0.4, 0.5) is 5.69 Å². The highest BCUT2D eigenvalue weighted by Gasteiger charge is 2.15. The number of furan rings is 1. The first-order valence-electron chi connectivity index (χ1n) is 6.32. The van der Waals surface area contributed by atoms with E-state index in [-0.39, 0.29) is 0 Å². The van der Waals surface area contributed by atoms with Crippen molar-refractivity contribution in [1.82, 2.24) is 0 Å². The molecule has 0 saturated heterocycles. The molecule has 0 saturated carbocycles. The van der Waals surface area contributed by atoms with Crippen LogP contribution in [-0.2, 0) is 11.3 Å². The Balaban J connectivity index is 2.08. The standard InChI is InChI=1S/C15H16N2O4/c1-9-13(15(19)20-2)7-12(21-9)8-17-11-5-3-4-10(6-11)14(16)18/h3-7,17H,8H2,1-2H3,(H2,16,18). The second kappa shape index (κ2) is 6.13. The van der Waals surface area contributed by atoms with Crippen LogP contribution in [0.5, 0.6) is 0 Å². The first-order chi connectivity index (χ1) is 10.0. The minimum absolute atomic E-state index is 0.375. The lowest BCUT2D eigenvalue weighted by Crippen LogP contribution is -2.11. The summed E-state index contributed by atoms with van der Waals surface area (Å²) in [7, 11) is 1.32. The van der Waals surface area contributed by atoms with Gasteiger partial charge in [-0.05, 0) is 31.2 Å². The third kappa shape index (κ3) is 3.42. The van der Waals surface area contributed by atoms with Crippen LogP contribution >= 0.6 is 0 Å². The maximum atomic E-state index is 11.5. The largest absolute Gasteiger partial charge is 0.465 e. The van der Waals surface area contributed by atoms with Crippen molar-refractivity contribution in [3.63, 3.8) is 0 Å². The molecule has 0 fully saturated rings. The molecule has 6 nitrogen and oxygen atoms in total. The van der Waals surface area contributed by atoms with Crippen molar-refractivity contribution in [2.75, 3.05) is 12.4 Å². The molecule has 110 valence electrons. The van der Waals surface area contributed by atoms with Gasteiger partial charge in [-0.3, -0.25) is 4.79 Å². The third-order valence-corrected chi connectivity index (χ3v) is 2.99. The number of carbonyl (C=O) groups excluding carboxylic acids is 2. The fourth-order valence-electron chi connectivity index (χ4n) is 1.92. The maximum Gasteiger partial charge on any atom is 0.341 e. The number of amides is 1. The van der Waals surface area contributed by atoms with Crippen LogP contribution in [0.1, 0.15) is 32.2 Å². The highest BCUT2D eigenvalue weighted by Crippen LogP contribution is 2.17. The molecule has 2 rings (SSSR count). The van der Waals surface area contributed by atoms with Crippen LogP contribution in [0, 0.1) is 6.92 Å². The predicted molar refractivity (Wildman–Crippen MR) is 77.1 cm³/mol. The minimum Gasteiger partial charge on any atom is -0.465 e. The zero-order valence-electron chi connectivity index (χ0n) is 11.8. The molecule has 21 heavy (non-hydrogen) atoms. The van der Waals surface area contributed by atoms with E-state index >= 15 is 0 Å². The number of esters is 1. The van der Waals surface area contributed by atoms with Crippen LogP contribution in [0.3, 0.4) is 0 Å².